The zero-order chi connectivity index (χ0) is 8.53. The molecule has 3 nitrogen and oxygen atoms in total. The Hall–Kier alpha value is -0.410. The molecule has 0 aromatic carbocycles. The van der Waals surface area contributed by atoms with Crippen LogP contribution >= 0.6 is 0 Å². The molecule has 0 atom stereocenters. The third-order valence-corrected chi connectivity index (χ3v) is 1.08. The summed E-state index contributed by atoms with van der Waals surface area (Å²) in [6, 6.07) is 0. The highest BCUT2D eigenvalue weighted by molar-refractivity contribution is 5.53. The van der Waals surface area contributed by atoms with Crippen molar-refractivity contribution in [2.75, 3.05) is 13.2 Å². The number of carbonyl (C=O) groups excluding carboxylic acids is 1. The Morgan fingerprint density at radius 3 is 1.91 bits per heavy atom. The Kier molecular flexibility index (Phi) is 7.41. The van der Waals surface area contributed by atoms with Gasteiger partial charge in [0.15, 0.2) is 6.29 Å². The van der Waals surface area contributed by atoms with Crippen molar-refractivity contribution >= 4 is 6.29 Å². The van der Waals surface area contributed by atoms with Gasteiger partial charge in [0, 0.05) is 13.2 Å². The van der Waals surface area contributed by atoms with Crippen LogP contribution < -0.4 is 0 Å². The van der Waals surface area contributed by atoms with Crippen LogP contribution in [0.3, 0.4) is 0 Å². The summed E-state index contributed by atoms with van der Waals surface area (Å²) in [6.45, 7) is 5.13. The van der Waals surface area contributed by atoms with Crippen molar-refractivity contribution in [1.82, 2.24) is 0 Å². The molecule has 0 N–H and O–H groups in total. The molecule has 0 unspecified atom stereocenters. The zero-order valence-corrected chi connectivity index (χ0v) is 7.21. The maximum absolute atomic E-state index is 10.3. The Balaban J connectivity index is 3.33. The van der Waals surface area contributed by atoms with Gasteiger partial charge in [-0.25, -0.2) is 0 Å². The van der Waals surface area contributed by atoms with Crippen LogP contribution in [0.5, 0.6) is 0 Å². The van der Waals surface area contributed by atoms with E-state index in [-0.39, 0.29) is 0 Å². The Labute approximate surface area is 67.7 Å². The van der Waals surface area contributed by atoms with E-state index in [4.69, 9.17) is 9.47 Å². The SMILES string of the molecule is CCCOC(C=O)OCCC. The van der Waals surface area contributed by atoms with Crippen LogP contribution in [0.25, 0.3) is 0 Å². The van der Waals surface area contributed by atoms with Gasteiger partial charge in [0.25, 0.3) is 0 Å². The van der Waals surface area contributed by atoms with Crippen LogP contribution in [0.15, 0.2) is 0 Å². The highest BCUT2D eigenvalue weighted by Gasteiger charge is 2.04. The highest BCUT2D eigenvalue weighted by Crippen LogP contribution is 1.93. The summed E-state index contributed by atoms with van der Waals surface area (Å²) >= 11 is 0. The smallest absolute Gasteiger partial charge is 0.214 e. The van der Waals surface area contributed by atoms with Gasteiger partial charge in [0.1, 0.15) is 0 Å². The third-order valence-electron chi connectivity index (χ3n) is 1.08. The predicted molar refractivity (Wildman–Crippen MR) is 42.3 cm³/mol. The molecule has 0 amide bonds. The quantitative estimate of drug-likeness (QED) is 0.416. The molecule has 0 spiro atoms. The Morgan fingerprint density at radius 1 is 1.18 bits per heavy atom. The van der Waals surface area contributed by atoms with Crippen molar-refractivity contribution < 1.29 is 14.3 Å². The molecule has 0 aliphatic carbocycles. The molecular formula is C8H16O3. The zero-order valence-electron chi connectivity index (χ0n) is 7.21. The molecular weight excluding hydrogens is 144 g/mol. The van der Waals surface area contributed by atoms with Crippen molar-refractivity contribution in [1.29, 1.82) is 0 Å². The largest absolute Gasteiger partial charge is 0.346 e. The molecule has 0 aromatic rings. The molecule has 3 heteroatoms. The second-order valence-electron chi connectivity index (χ2n) is 2.25. The molecule has 0 rings (SSSR count). The lowest BCUT2D eigenvalue weighted by Crippen LogP contribution is -2.19. The average Bonchev–Trinajstić information content (AvgIpc) is 2.05. The number of carbonyl (C=O) groups is 1. The molecule has 0 saturated carbocycles. The van der Waals surface area contributed by atoms with E-state index in [0.29, 0.717) is 19.5 Å². The van der Waals surface area contributed by atoms with E-state index in [0.717, 1.165) is 12.8 Å². The minimum absolute atomic E-state index is 0.577. The van der Waals surface area contributed by atoms with Gasteiger partial charge in [0.05, 0.1) is 0 Å². The van der Waals surface area contributed by atoms with Crippen molar-refractivity contribution in [2.24, 2.45) is 0 Å². The van der Waals surface area contributed by atoms with Crippen molar-refractivity contribution in [3.8, 4) is 0 Å². The summed E-state index contributed by atoms with van der Waals surface area (Å²) in [7, 11) is 0. The van der Waals surface area contributed by atoms with Crippen molar-refractivity contribution in [3.63, 3.8) is 0 Å². The van der Waals surface area contributed by atoms with Gasteiger partial charge in [-0.2, -0.15) is 0 Å². The molecule has 0 heterocycles. The van der Waals surface area contributed by atoms with Gasteiger partial charge in [-0.15, -0.1) is 0 Å². The molecule has 0 aliphatic heterocycles. The number of ether oxygens (including phenoxy) is 2. The first-order valence-corrected chi connectivity index (χ1v) is 4.03. The van der Waals surface area contributed by atoms with Crippen LogP contribution in [-0.4, -0.2) is 25.8 Å². The molecule has 0 fully saturated rings. The summed E-state index contributed by atoms with van der Waals surface area (Å²) in [5, 5.41) is 0. The monoisotopic (exact) mass is 160 g/mol. The van der Waals surface area contributed by atoms with Gasteiger partial charge < -0.3 is 9.47 Å². The molecule has 0 aromatic heterocycles. The summed E-state index contributed by atoms with van der Waals surface area (Å²) in [5.74, 6) is 0. The fourth-order valence-corrected chi connectivity index (χ4v) is 0.595. The number of hydrogen-bond acceptors (Lipinski definition) is 3. The van der Waals surface area contributed by atoms with E-state index in [9.17, 15) is 4.79 Å². The number of hydrogen-bond donors (Lipinski definition) is 0. The lowest BCUT2D eigenvalue weighted by Gasteiger charge is -2.10. The lowest BCUT2D eigenvalue weighted by atomic mass is 10.5. The minimum atomic E-state index is -0.658. The number of rotatable bonds is 7. The molecule has 0 aliphatic rings. The summed E-state index contributed by atoms with van der Waals surface area (Å²) in [5.41, 5.74) is 0. The highest BCUT2D eigenvalue weighted by atomic mass is 16.7. The standard InChI is InChI=1S/C8H16O3/c1-3-5-10-8(7-9)11-6-4-2/h7-8H,3-6H2,1-2H3. The van der Waals surface area contributed by atoms with Gasteiger partial charge >= 0.3 is 0 Å². The summed E-state index contributed by atoms with van der Waals surface area (Å²) in [4.78, 5) is 10.3. The topological polar surface area (TPSA) is 35.5 Å². The van der Waals surface area contributed by atoms with Gasteiger partial charge in [-0.3, -0.25) is 4.79 Å². The summed E-state index contributed by atoms with van der Waals surface area (Å²) < 4.78 is 10.1. The van der Waals surface area contributed by atoms with Crippen LogP contribution in [0.2, 0.25) is 0 Å². The van der Waals surface area contributed by atoms with Crippen LogP contribution in [0.1, 0.15) is 26.7 Å². The van der Waals surface area contributed by atoms with Crippen LogP contribution in [-0.2, 0) is 14.3 Å². The van der Waals surface area contributed by atoms with Crippen LogP contribution in [0, 0.1) is 0 Å². The van der Waals surface area contributed by atoms with Crippen molar-refractivity contribution in [2.45, 2.75) is 33.0 Å². The maximum atomic E-state index is 10.3. The van der Waals surface area contributed by atoms with Gasteiger partial charge in [-0.05, 0) is 12.8 Å². The van der Waals surface area contributed by atoms with E-state index < -0.39 is 6.29 Å². The molecule has 0 saturated heterocycles. The average molecular weight is 160 g/mol. The van der Waals surface area contributed by atoms with E-state index in [2.05, 4.69) is 0 Å². The normalized spacial score (nSPS) is 10.5. The Morgan fingerprint density at radius 2 is 1.64 bits per heavy atom. The van der Waals surface area contributed by atoms with Crippen LogP contribution in [0.4, 0.5) is 0 Å². The maximum Gasteiger partial charge on any atom is 0.214 e. The van der Waals surface area contributed by atoms with E-state index >= 15 is 0 Å². The fraction of sp³-hybridized carbons (Fsp3) is 0.875. The fourth-order valence-electron chi connectivity index (χ4n) is 0.595. The number of aldehydes is 1. The Bertz CT molecular complexity index is 85.3. The lowest BCUT2D eigenvalue weighted by molar-refractivity contribution is -0.157. The van der Waals surface area contributed by atoms with Gasteiger partial charge in [-0.1, -0.05) is 13.8 Å². The van der Waals surface area contributed by atoms with E-state index in [1.54, 1.807) is 0 Å². The molecule has 0 bridgehead atoms. The third kappa shape index (κ3) is 6.01. The second-order valence-corrected chi connectivity index (χ2v) is 2.25. The molecule has 66 valence electrons. The molecule has 11 heavy (non-hydrogen) atoms. The van der Waals surface area contributed by atoms with Crippen molar-refractivity contribution in [3.05, 3.63) is 0 Å². The predicted octanol–water partition coefficient (Wildman–Crippen LogP) is 1.36. The van der Waals surface area contributed by atoms with Gasteiger partial charge in [0.2, 0.25) is 6.29 Å². The minimum Gasteiger partial charge on any atom is -0.346 e. The first kappa shape index (κ1) is 10.6. The molecule has 0 radical (unpaired) electrons. The first-order chi connectivity index (χ1) is 5.35. The van der Waals surface area contributed by atoms with E-state index in [1.807, 2.05) is 13.8 Å². The van der Waals surface area contributed by atoms with E-state index in [1.165, 1.54) is 0 Å². The first-order valence-electron chi connectivity index (χ1n) is 4.03. The summed E-state index contributed by atoms with van der Waals surface area (Å²) in [6.07, 6.45) is 1.83. The second kappa shape index (κ2) is 7.69.